The van der Waals surface area contributed by atoms with Crippen molar-refractivity contribution in [3.05, 3.63) is 0 Å². The average molecular weight is 299 g/mol. The molecular weight excluding hydrogens is 276 g/mol. The van der Waals surface area contributed by atoms with Gasteiger partial charge in [0, 0.05) is 18.7 Å². The van der Waals surface area contributed by atoms with Crippen molar-refractivity contribution in [1.82, 2.24) is 4.72 Å². The van der Waals surface area contributed by atoms with E-state index in [4.69, 9.17) is 10.5 Å². The average Bonchev–Trinajstić information content (AvgIpc) is 2.68. The third kappa shape index (κ3) is 5.01. The second-order valence-corrected chi connectivity index (χ2v) is 7.05. The summed E-state index contributed by atoms with van der Waals surface area (Å²) >= 11 is 0. The number of ether oxygens (including phenoxy) is 1. The monoisotopic (exact) mass is 298 g/mol. The Labute approximate surface area is 115 Å². The van der Waals surface area contributed by atoms with Crippen molar-refractivity contribution in [2.45, 2.75) is 44.2 Å². The number of nitrogens with two attached hydrogens (primary N) is 1. The van der Waals surface area contributed by atoms with Gasteiger partial charge in [-0.15, -0.1) is 12.4 Å². The van der Waals surface area contributed by atoms with Gasteiger partial charge in [-0.05, 0) is 31.6 Å². The highest BCUT2D eigenvalue weighted by atomic mass is 35.5. The minimum Gasteiger partial charge on any atom is -0.381 e. The molecule has 1 saturated carbocycles. The molecule has 0 aromatic rings. The van der Waals surface area contributed by atoms with Gasteiger partial charge in [-0.2, -0.15) is 0 Å². The molecule has 0 bridgehead atoms. The first-order valence-electron chi connectivity index (χ1n) is 6.38. The molecule has 2 rings (SSSR count). The van der Waals surface area contributed by atoms with Gasteiger partial charge in [-0.1, -0.05) is 6.42 Å². The van der Waals surface area contributed by atoms with Crippen LogP contribution in [0.4, 0.5) is 0 Å². The van der Waals surface area contributed by atoms with Gasteiger partial charge < -0.3 is 10.5 Å². The molecule has 2 fully saturated rings. The third-order valence-corrected chi connectivity index (χ3v) is 5.14. The summed E-state index contributed by atoms with van der Waals surface area (Å²) in [7, 11) is -3.17. The van der Waals surface area contributed by atoms with Crippen molar-refractivity contribution in [1.29, 1.82) is 0 Å². The van der Waals surface area contributed by atoms with Crippen LogP contribution in [0.2, 0.25) is 0 Å². The van der Waals surface area contributed by atoms with Gasteiger partial charge in [0.2, 0.25) is 10.0 Å². The molecule has 0 amide bonds. The van der Waals surface area contributed by atoms with Crippen LogP contribution in [-0.2, 0) is 14.8 Å². The van der Waals surface area contributed by atoms with Crippen molar-refractivity contribution >= 4 is 22.4 Å². The van der Waals surface area contributed by atoms with Gasteiger partial charge in [0.25, 0.3) is 0 Å². The molecule has 1 heterocycles. The van der Waals surface area contributed by atoms with Crippen molar-refractivity contribution in [3.8, 4) is 0 Å². The van der Waals surface area contributed by atoms with Crippen molar-refractivity contribution in [2.75, 3.05) is 19.0 Å². The number of rotatable bonds is 4. The van der Waals surface area contributed by atoms with Crippen LogP contribution in [-0.4, -0.2) is 39.5 Å². The highest BCUT2D eigenvalue weighted by Crippen LogP contribution is 2.19. The summed E-state index contributed by atoms with van der Waals surface area (Å²) in [5, 5.41) is 0. The van der Waals surface area contributed by atoms with Crippen LogP contribution in [0.3, 0.4) is 0 Å². The summed E-state index contributed by atoms with van der Waals surface area (Å²) in [6.07, 6.45) is 4.55. The summed E-state index contributed by atoms with van der Waals surface area (Å²) in [5.74, 6) is 0.350. The lowest BCUT2D eigenvalue weighted by Crippen LogP contribution is -2.43. The van der Waals surface area contributed by atoms with E-state index in [1.807, 2.05) is 0 Å². The minimum atomic E-state index is -3.17. The van der Waals surface area contributed by atoms with E-state index in [1.165, 1.54) is 0 Å². The first kappa shape index (κ1) is 16.2. The molecule has 1 saturated heterocycles. The molecule has 0 aromatic carbocycles. The highest BCUT2D eigenvalue weighted by molar-refractivity contribution is 7.89. The third-order valence-electron chi connectivity index (χ3n) is 3.54. The van der Waals surface area contributed by atoms with E-state index in [9.17, 15) is 8.42 Å². The lowest BCUT2D eigenvalue weighted by Gasteiger charge is -2.27. The van der Waals surface area contributed by atoms with Crippen molar-refractivity contribution in [3.63, 3.8) is 0 Å². The number of hydrogen-bond acceptors (Lipinski definition) is 4. The Hall–Kier alpha value is 0.120. The number of hydrogen-bond donors (Lipinski definition) is 2. The predicted octanol–water partition coefficient (Wildman–Crippen LogP) is 0.634. The molecule has 3 atom stereocenters. The minimum absolute atomic E-state index is 0. The Bertz CT molecular complexity index is 344. The molecule has 1 aliphatic carbocycles. The maximum absolute atomic E-state index is 12.0. The SMILES string of the molecule is Cl.NC1CCCC(NS(=O)(=O)CC2CCOC2)C1. The fourth-order valence-electron chi connectivity index (χ4n) is 2.66. The normalized spacial score (nSPS) is 33.1. The fourth-order valence-corrected chi connectivity index (χ4v) is 4.36. The molecule has 0 radical (unpaired) electrons. The van der Waals surface area contributed by atoms with Crippen LogP contribution < -0.4 is 10.5 Å². The largest absolute Gasteiger partial charge is 0.381 e. The topological polar surface area (TPSA) is 81.4 Å². The lowest BCUT2D eigenvalue weighted by molar-refractivity contribution is 0.188. The highest BCUT2D eigenvalue weighted by Gasteiger charge is 2.27. The Morgan fingerprint density at radius 1 is 1.28 bits per heavy atom. The standard InChI is InChI=1S/C11H22N2O3S.ClH/c12-10-2-1-3-11(6-10)13-17(14,15)8-9-4-5-16-7-9;/h9-11,13H,1-8,12H2;1H. The first-order chi connectivity index (χ1) is 8.05. The number of nitrogens with one attached hydrogen (secondary N) is 1. The maximum Gasteiger partial charge on any atom is 0.212 e. The maximum atomic E-state index is 12.0. The van der Waals surface area contributed by atoms with Crippen LogP contribution in [0, 0.1) is 5.92 Å². The molecular formula is C11H23ClN2O3S. The molecule has 7 heteroatoms. The van der Waals surface area contributed by atoms with Crippen LogP contribution in [0.1, 0.15) is 32.1 Å². The zero-order valence-electron chi connectivity index (χ0n) is 10.5. The predicted molar refractivity (Wildman–Crippen MR) is 73.3 cm³/mol. The molecule has 108 valence electrons. The second-order valence-electron chi connectivity index (χ2n) is 5.25. The van der Waals surface area contributed by atoms with E-state index < -0.39 is 10.0 Å². The van der Waals surface area contributed by atoms with E-state index in [0.717, 1.165) is 32.1 Å². The Morgan fingerprint density at radius 3 is 2.67 bits per heavy atom. The summed E-state index contributed by atoms with van der Waals surface area (Å²) in [4.78, 5) is 0. The zero-order chi connectivity index (χ0) is 12.3. The zero-order valence-corrected chi connectivity index (χ0v) is 12.1. The van der Waals surface area contributed by atoms with Crippen LogP contribution >= 0.6 is 12.4 Å². The van der Waals surface area contributed by atoms with E-state index >= 15 is 0 Å². The fraction of sp³-hybridized carbons (Fsp3) is 1.00. The Morgan fingerprint density at radius 2 is 2.06 bits per heavy atom. The molecule has 18 heavy (non-hydrogen) atoms. The second kappa shape index (κ2) is 7.05. The van der Waals surface area contributed by atoms with Gasteiger partial charge in [0.05, 0.1) is 12.4 Å². The first-order valence-corrected chi connectivity index (χ1v) is 8.04. The Kier molecular flexibility index (Phi) is 6.34. The molecule has 3 N–H and O–H groups in total. The molecule has 0 spiro atoms. The van der Waals surface area contributed by atoms with Crippen molar-refractivity contribution < 1.29 is 13.2 Å². The van der Waals surface area contributed by atoms with E-state index in [0.29, 0.717) is 13.2 Å². The van der Waals surface area contributed by atoms with Crippen LogP contribution in [0.5, 0.6) is 0 Å². The van der Waals surface area contributed by atoms with Gasteiger partial charge in [0.1, 0.15) is 0 Å². The van der Waals surface area contributed by atoms with Crippen LogP contribution in [0.15, 0.2) is 0 Å². The van der Waals surface area contributed by atoms with Gasteiger partial charge in [-0.25, -0.2) is 13.1 Å². The van der Waals surface area contributed by atoms with Crippen molar-refractivity contribution in [2.24, 2.45) is 11.7 Å². The Balaban J connectivity index is 0.00000162. The van der Waals surface area contributed by atoms with Gasteiger partial charge >= 0.3 is 0 Å². The molecule has 1 aliphatic heterocycles. The summed E-state index contributed by atoms with van der Waals surface area (Å²) in [6.45, 7) is 1.26. The molecule has 3 unspecified atom stereocenters. The molecule has 2 aliphatic rings. The van der Waals surface area contributed by atoms with Gasteiger partial charge in [0.15, 0.2) is 0 Å². The van der Waals surface area contributed by atoms with E-state index in [1.54, 1.807) is 0 Å². The smallest absolute Gasteiger partial charge is 0.212 e. The number of halogens is 1. The summed E-state index contributed by atoms with van der Waals surface area (Å²) in [5.41, 5.74) is 5.85. The summed E-state index contributed by atoms with van der Waals surface area (Å²) in [6, 6.07) is 0.178. The lowest BCUT2D eigenvalue weighted by atomic mass is 9.92. The van der Waals surface area contributed by atoms with Crippen LogP contribution in [0.25, 0.3) is 0 Å². The molecule has 5 nitrogen and oxygen atoms in total. The summed E-state index contributed by atoms with van der Waals surface area (Å²) < 4.78 is 31.9. The van der Waals surface area contributed by atoms with E-state index in [2.05, 4.69) is 4.72 Å². The van der Waals surface area contributed by atoms with Gasteiger partial charge in [-0.3, -0.25) is 0 Å². The number of sulfonamides is 1. The van der Waals surface area contributed by atoms with E-state index in [-0.39, 0.29) is 36.2 Å². The quantitative estimate of drug-likeness (QED) is 0.798. The molecule has 0 aromatic heterocycles.